The van der Waals surface area contributed by atoms with Crippen LogP contribution in [-0.2, 0) is 12.8 Å². The van der Waals surface area contributed by atoms with E-state index in [1.54, 1.807) is 0 Å². The summed E-state index contributed by atoms with van der Waals surface area (Å²) in [5.74, 6) is 0.961. The molecule has 0 saturated heterocycles. The molecule has 0 amide bonds. The molecule has 1 N–H and O–H groups in total. The van der Waals surface area contributed by atoms with Crippen LogP contribution in [-0.4, -0.2) is 18.3 Å². The van der Waals surface area contributed by atoms with Crippen molar-refractivity contribution in [3.05, 3.63) is 29.3 Å². The molecule has 2 nitrogen and oxygen atoms in total. The van der Waals surface area contributed by atoms with Gasteiger partial charge in [0.2, 0.25) is 0 Å². The Kier molecular flexibility index (Phi) is 10.8. The zero-order valence-corrected chi connectivity index (χ0v) is 14.6. The Balaban J connectivity index is 2.59. The van der Waals surface area contributed by atoms with Crippen molar-refractivity contribution >= 4 is 0 Å². The molecule has 0 atom stereocenters. The lowest BCUT2D eigenvalue weighted by atomic mass is 9.99. The molecule has 0 aliphatic heterocycles. The van der Waals surface area contributed by atoms with E-state index in [2.05, 4.69) is 32.0 Å². The van der Waals surface area contributed by atoms with Crippen molar-refractivity contribution in [1.29, 1.82) is 0 Å². The zero-order chi connectivity index (χ0) is 16.0. The summed E-state index contributed by atoms with van der Waals surface area (Å²) in [6.45, 7) is 4.96. The van der Waals surface area contributed by atoms with Crippen LogP contribution in [0, 0.1) is 0 Å². The van der Waals surface area contributed by atoms with E-state index in [9.17, 15) is 0 Å². The molecule has 0 fully saturated rings. The average Bonchev–Trinajstić information content (AvgIpc) is 2.54. The van der Waals surface area contributed by atoms with Crippen LogP contribution < -0.4 is 4.74 Å². The van der Waals surface area contributed by atoms with Crippen molar-refractivity contribution in [1.82, 2.24) is 0 Å². The van der Waals surface area contributed by atoms with E-state index in [0.29, 0.717) is 6.61 Å². The van der Waals surface area contributed by atoms with E-state index in [4.69, 9.17) is 9.84 Å². The highest BCUT2D eigenvalue weighted by atomic mass is 16.5. The third-order valence-electron chi connectivity index (χ3n) is 4.09. The van der Waals surface area contributed by atoms with E-state index >= 15 is 0 Å². The number of aliphatic hydroxyl groups excluding tert-OH is 1. The molecule has 0 aromatic heterocycles. The van der Waals surface area contributed by atoms with Crippen molar-refractivity contribution in [2.75, 3.05) is 13.2 Å². The van der Waals surface area contributed by atoms with E-state index < -0.39 is 0 Å². The topological polar surface area (TPSA) is 29.5 Å². The number of benzene rings is 1. The van der Waals surface area contributed by atoms with Crippen molar-refractivity contribution in [2.24, 2.45) is 0 Å². The summed E-state index contributed by atoms with van der Waals surface area (Å²) in [5.41, 5.74) is 2.75. The minimum absolute atomic E-state index is 0.0774. The van der Waals surface area contributed by atoms with Gasteiger partial charge in [0.1, 0.15) is 12.4 Å². The lowest BCUT2D eigenvalue weighted by molar-refractivity contribution is 0.200. The molecular weight excluding hydrogens is 272 g/mol. The van der Waals surface area contributed by atoms with Gasteiger partial charge in [0.25, 0.3) is 0 Å². The van der Waals surface area contributed by atoms with Crippen LogP contribution in [0.5, 0.6) is 5.75 Å². The summed E-state index contributed by atoms with van der Waals surface area (Å²) < 4.78 is 5.69. The maximum atomic E-state index is 8.96. The van der Waals surface area contributed by atoms with Gasteiger partial charge in [-0.25, -0.2) is 0 Å². The molecule has 0 heterocycles. The van der Waals surface area contributed by atoms with Gasteiger partial charge in [-0.3, -0.25) is 0 Å². The summed E-state index contributed by atoms with van der Waals surface area (Å²) in [6.07, 6.45) is 12.6. The maximum Gasteiger partial charge on any atom is 0.122 e. The third-order valence-corrected chi connectivity index (χ3v) is 4.09. The van der Waals surface area contributed by atoms with Gasteiger partial charge in [-0.15, -0.1) is 0 Å². The maximum absolute atomic E-state index is 8.96. The summed E-state index contributed by atoms with van der Waals surface area (Å²) in [4.78, 5) is 0. The molecule has 0 spiro atoms. The molecule has 0 saturated carbocycles. The van der Waals surface area contributed by atoms with Crippen LogP contribution in [0.1, 0.15) is 76.3 Å². The number of aryl methyl sites for hydroxylation is 2. The fourth-order valence-electron chi connectivity index (χ4n) is 2.78. The van der Waals surface area contributed by atoms with E-state index in [1.807, 2.05) is 0 Å². The molecule has 22 heavy (non-hydrogen) atoms. The van der Waals surface area contributed by atoms with Crippen LogP contribution in [0.15, 0.2) is 18.2 Å². The summed E-state index contributed by atoms with van der Waals surface area (Å²) in [7, 11) is 0. The molecule has 0 bridgehead atoms. The van der Waals surface area contributed by atoms with Crippen molar-refractivity contribution in [3.8, 4) is 5.75 Å². The Bertz CT molecular complexity index is 387. The Labute approximate surface area is 136 Å². The standard InChI is InChI=1S/C20H34O2/c1-3-5-7-9-11-18-13-14-20(22-16-15-21)19(17-18)12-10-8-6-4-2/h13-14,17,21H,3-12,15-16H2,1-2H3. The molecule has 0 aliphatic rings. The lowest BCUT2D eigenvalue weighted by Crippen LogP contribution is -2.04. The number of hydrogen-bond donors (Lipinski definition) is 1. The number of rotatable bonds is 13. The average molecular weight is 306 g/mol. The van der Waals surface area contributed by atoms with E-state index in [0.717, 1.165) is 12.2 Å². The zero-order valence-electron chi connectivity index (χ0n) is 14.6. The van der Waals surface area contributed by atoms with Gasteiger partial charge in [-0.1, -0.05) is 64.5 Å². The van der Waals surface area contributed by atoms with Crippen molar-refractivity contribution in [3.63, 3.8) is 0 Å². The first-order chi connectivity index (χ1) is 10.8. The van der Waals surface area contributed by atoms with Gasteiger partial charge in [-0.05, 0) is 42.9 Å². The fraction of sp³-hybridized carbons (Fsp3) is 0.700. The van der Waals surface area contributed by atoms with Crippen molar-refractivity contribution in [2.45, 2.75) is 78.1 Å². The van der Waals surface area contributed by atoms with Crippen molar-refractivity contribution < 1.29 is 9.84 Å². The number of hydrogen-bond acceptors (Lipinski definition) is 2. The quantitative estimate of drug-likeness (QED) is 0.501. The SMILES string of the molecule is CCCCCCc1ccc(OCCO)c(CCCCCC)c1. The second kappa shape index (κ2) is 12.5. The molecule has 126 valence electrons. The van der Waals surface area contributed by atoms with Gasteiger partial charge in [0.15, 0.2) is 0 Å². The molecule has 1 rings (SSSR count). The first kappa shape index (κ1) is 19.0. The Morgan fingerprint density at radius 2 is 1.55 bits per heavy atom. The van der Waals surface area contributed by atoms with E-state index in [1.165, 1.54) is 68.9 Å². The summed E-state index contributed by atoms with van der Waals surface area (Å²) in [5, 5.41) is 8.96. The number of ether oxygens (including phenoxy) is 1. The smallest absolute Gasteiger partial charge is 0.122 e. The normalized spacial score (nSPS) is 10.9. The third kappa shape index (κ3) is 7.84. The predicted molar refractivity (Wildman–Crippen MR) is 94.7 cm³/mol. The fourth-order valence-corrected chi connectivity index (χ4v) is 2.78. The van der Waals surface area contributed by atoms with E-state index in [-0.39, 0.29) is 6.61 Å². The van der Waals surface area contributed by atoms with Crippen LogP contribution in [0.3, 0.4) is 0 Å². The highest BCUT2D eigenvalue weighted by Crippen LogP contribution is 2.24. The molecule has 1 aromatic carbocycles. The van der Waals surface area contributed by atoms with Crippen LogP contribution in [0.4, 0.5) is 0 Å². The lowest BCUT2D eigenvalue weighted by Gasteiger charge is -2.13. The molecular formula is C20H34O2. The monoisotopic (exact) mass is 306 g/mol. The Morgan fingerprint density at radius 3 is 2.18 bits per heavy atom. The van der Waals surface area contributed by atoms with Gasteiger partial charge in [-0.2, -0.15) is 0 Å². The van der Waals surface area contributed by atoms with Crippen LogP contribution in [0.25, 0.3) is 0 Å². The Hall–Kier alpha value is -1.02. The predicted octanol–water partition coefficient (Wildman–Crippen LogP) is 5.30. The highest BCUT2D eigenvalue weighted by molar-refractivity contribution is 5.37. The van der Waals surface area contributed by atoms with Gasteiger partial charge >= 0.3 is 0 Å². The van der Waals surface area contributed by atoms with Crippen LogP contribution in [0.2, 0.25) is 0 Å². The van der Waals surface area contributed by atoms with Crippen LogP contribution >= 0.6 is 0 Å². The minimum Gasteiger partial charge on any atom is -0.491 e. The summed E-state index contributed by atoms with van der Waals surface area (Å²) in [6, 6.07) is 6.61. The summed E-state index contributed by atoms with van der Waals surface area (Å²) >= 11 is 0. The highest BCUT2D eigenvalue weighted by Gasteiger charge is 2.06. The molecule has 0 aliphatic carbocycles. The molecule has 1 aromatic rings. The number of unbranched alkanes of at least 4 members (excludes halogenated alkanes) is 6. The minimum atomic E-state index is 0.0774. The first-order valence-corrected chi connectivity index (χ1v) is 9.17. The van der Waals surface area contributed by atoms with Gasteiger partial charge in [0.05, 0.1) is 6.61 Å². The molecule has 0 radical (unpaired) electrons. The number of aliphatic hydroxyl groups is 1. The van der Waals surface area contributed by atoms with Gasteiger partial charge < -0.3 is 9.84 Å². The second-order valence-corrected chi connectivity index (χ2v) is 6.14. The largest absolute Gasteiger partial charge is 0.491 e. The molecule has 0 unspecified atom stereocenters. The second-order valence-electron chi connectivity index (χ2n) is 6.14. The first-order valence-electron chi connectivity index (χ1n) is 9.17. The molecule has 2 heteroatoms. The Morgan fingerprint density at radius 1 is 0.864 bits per heavy atom. The van der Waals surface area contributed by atoms with Gasteiger partial charge in [0, 0.05) is 0 Å².